The maximum atomic E-state index is 10.8. The molecule has 0 fully saturated rings. The summed E-state index contributed by atoms with van der Waals surface area (Å²) in [5.74, 6) is 0.505. The number of methoxy groups -OCH3 is 2. The van der Waals surface area contributed by atoms with E-state index in [-0.39, 0.29) is 6.42 Å². The third-order valence-corrected chi connectivity index (χ3v) is 3.43. The zero-order chi connectivity index (χ0) is 16.1. The molecule has 0 aromatic heterocycles. The van der Waals surface area contributed by atoms with Gasteiger partial charge in [-0.2, -0.15) is 0 Å². The van der Waals surface area contributed by atoms with Crippen LogP contribution in [0.3, 0.4) is 0 Å². The lowest BCUT2D eigenvalue weighted by molar-refractivity contribution is -0.137. The molecule has 0 spiro atoms. The van der Waals surface area contributed by atoms with Crippen molar-refractivity contribution in [2.24, 2.45) is 5.73 Å². The summed E-state index contributed by atoms with van der Waals surface area (Å²) in [6.07, 6.45) is -0.121. The average molecular weight is 301 g/mol. The summed E-state index contributed by atoms with van der Waals surface area (Å²) in [6, 6.07) is 12.5. The first-order chi connectivity index (χ1) is 10.5. The fourth-order valence-corrected chi connectivity index (χ4v) is 2.28. The van der Waals surface area contributed by atoms with E-state index in [0.717, 1.165) is 22.4 Å². The highest BCUT2D eigenvalue weighted by Crippen LogP contribution is 2.34. The molecule has 2 rings (SSSR count). The predicted octanol–water partition coefficient (Wildman–Crippen LogP) is 2.85. The third kappa shape index (κ3) is 3.56. The number of hydrogen-bond acceptors (Lipinski definition) is 4. The molecule has 5 nitrogen and oxygen atoms in total. The smallest absolute Gasteiger partial charge is 0.305 e. The van der Waals surface area contributed by atoms with Gasteiger partial charge in [-0.05, 0) is 35.4 Å². The molecule has 116 valence electrons. The van der Waals surface area contributed by atoms with Gasteiger partial charge < -0.3 is 20.3 Å². The minimum atomic E-state index is -0.925. The Bertz CT molecular complexity index is 669. The van der Waals surface area contributed by atoms with Crippen LogP contribution in [0.4, 0.5) is 0 Å². The van der Waals surface area contributed by atoms with Gasteiger partial charge in [0.2, 0.25) is 0 Å². The van der Waals surface area contributed by atoms with Gasteiger partial charge in [0.05, 0.1) is 20.6 Å². The SMILES string of the molecule is COc1cccc(-c2cc(C(N)CC(=O)O)ccc2OC)c1. The Morgan fingerprint density at radius 1 is 1.18 bits per heavy atom. The van der Waals surface area contributed by atoms with Crippen LogP contribution >= 0.6 is 0 Å². The summed E-state index contributed by atoms with van der Waals surface area (Å²) < 4.78 is 10.6. The molecule has 0 saturated carbocycles. The number of ether oxygens (including phenoxy) is 2. The van der Waals surface area contributed by atoms with Crippen LogP contribution < -0.4 is 15.2 Å². The molecule has 1 unspecified atom stereocenters. The van der Waals surface area contributed by atoms with Crippen LogP contribution in [0.5, 0.6) is 11.5 Å². The lowest BCUT2D eigenvalue weighted by Gasteiger charge is -2.15. The van der Waals surface area contributed by atoms with Crippen molar-refractivity contribution >= 4 is 5.97 Å². The molecule has 0 aliphatic rings. The van der Waals surface area contributed by atoms with Gasteiger partial charge in [0.1, 0.15) is 11.5 Å². The lowest BCUT2D eigenvalue weighted by Crippen LogP contribution is -2.15. The number of rotatable bonds is 6. The molecule has 0 aliphatic heterocycles. The van der Waals surface area contributed by atoms with E-state index in [1.165, 1.54) is 0 Å². The molecule has 2 aromatic rings. The summed E-state index contributed by atoms with van der Waals surface area (Å²) in [5.41, 5.74) is 8.46. The second kappa shape index (κ2) is 6.95. The Hall–Kier alpha value is -2.53. The van der Waals surface area contributed by atoms with Gasteiger partial charge in [0.15, 0.2) is 0 Å². The molecule has 0 radical (unpaired) electrons. The van der Waals surface area contributed by atoms with Gasteiger partial charge in [-0.3, -0.25) is 4.79 Å². The first-order valence-corrected chi connectivity index (χ1v) is 6.85. The number of carbonyl (C=O) groups is 1. The minimum Gasteiger partial charge on any atom is -0.497 e. The molecule has 1 atom stereocenters. The fraction of sp³-hybridized carbons (Fsp3) is 0.235. The van der Waals surface area contributed by atoms with Crippen molar-refractivity contribution < 1.29 is 19.4 Å². The maximum absolute atomic E-state index is 10.8. The highest BCUT2D eigenvalue weighted by Gasteiger charge is 2.14. The molecule has 3 N–H and O–H groups in total. The standard InChI is InChI=1S/C17H19NO4/c1-21-13-5-3-4-11(8-13)14-9-12(6-7-16(14)22-2)15(18)10-17(19)20/h3-9,15H,10,18H2,1-2H3,(H,19,20). The van der Waals surface area contributed by atoms with Crippen molar-refractivity contribution in [2.75, 3.05) is 14.2 Å². The van der Waals surface area contributed by atoms with Crippen LogP contribution in [0, 0.1) is 0 Å². The normalized spacial score (nSPS) is 11.8. The van der Waals surface area contributed by atoms with Gasteiger partial charge in [-0.1, -0.05) is 18.2 Å². The number of carboxylic acid groups (broad SMARTS) is 1. The number of carboxylic acids is 1. The van der Waals surface area contributed by atoms with Crippen LogP contribution in [0.15, 0.2) is 42.5 Å². The summed E-state index contributed by atoms with van der Waals surface area (Å²) >= 11 is 0. The molecule has 0 heterocycles. The van der Waals surface area contributed by atoms with Crippen molar-refractivity contribution in [1.29, 1.82) is 0 Å². The Kier molecular flexibility index (Phi) is 5.01. The monoisotopic (exact) mass is 301 g/mol. The lowest BCUT2D eigenvalue weighted by atomic mass is 9.97. The van der Waals surface area contributed by atoms with Gasteiger partial charge >= 0.3 is 5.97 Å². The summed E-state index contributed by atoms with van der Waals surface area (Å²) in [5, 5.41) is 8.88. The topological polar surface area (TPSA) is 81.8 Å². The highest BCUT2D eigenvalue weighted by atomic mass is 16.5. The number of benzene rings is 2. The maximum Gasteiger partial charge on any atom is 0.305 e. The molecular formula is C17H19NO4. The zero-order valence-electron chi connectivity index (χ0n) is 12.6. The van der Waals surface area contributed by atoms with Crippen LogP contribution in [0.25, 0.3) is 11.1 Å². The minimum absolute atomic E-state index is 0.121. The van der Waals surface area contributed by atoms with E-state index < -0.39 is 12.0 Å². The predicted molar refractivity (Wildman–Crippen MR) is 84.2 cm³/mol. The van der Waals surface area contributed by atoms with E-state index in [4.69, 9.17) is 20.3 Å². The second-order valence-electron chi connectivity index (χ2n) is 4.90. The summed E-state index contributed by atoms with van der Waals surface area (Å²) in [4.78, 5) is 10.8. The first kappa shape index (κ1) is 15.9. The Balaban J connectivity index is 2.45. The van der Waals surface area contributed by atoms with Crippen LogP contribution in [-0.4, -0.2) is 25.3 Å². The summed E-state index contributed by atoms with van der Waals surface area (Å²) in [7, 11) is 3.20. The van der Waals surface area contributed by atoms with Crippen LogP contribution in [-0.2, 0) is 4.79 Å². The highest BCUT2D eigenvalue weighted by molar-refractivity contribution is 5.73. The largest absolute Gasteiger partial charge is 0.497 e. The van der Waals surface area contributed by atoms with Crippen molar-refractivity contribution in [2.45, 2.75) is 12.5 Å². The van der Waals surface area contributed by atoms with Crippen molar-refractivity contribution in [3.63, 3.8) is 0 Å². The number of aliphatic carboxylic acids is 1. The number of nitrogens with two attached hydrogens (primary N) is 1. The van der Waals surface area contributed by atoms with E-state index in [1.807, 2.05) is 30.3 Å². The third-order valence-electron chi connectivity index (χ3n) is 3.43. The second-order valence-corrected chi connectivity index (χ2v) is 4.90. The van der Waals surface area contributed by atoms with E-state index in [1.54, 1.807) is 26.4 Å². The molecule has 0 saturated heterocycles. The first-order valence-electron chi connectivity index (χ1n) is 6.85. The van der Waals surface area contributed by atoms with E-state index in [2.05, 4.69) is 0 Å². The molecule has 0 bridgehead atoms. The Morgan fingerprint density at radius 3 is 2.59 bits per heavy atom. The van der Waals surface area contributed by atoms with Gasteiger partial charge in [-0.15, -0.1) is 0 Å². The van der Waals surface area contributed by atoms with Crippen molar-refractivity contribution in [3.8, 4) is 22.6 Å². The van der Waals surface area contributed by atoms with Gasteiger partial charge in [-0.25, -0.2) is 0 Å². The van der Waals surface area contributed by atoms with Crippen molar-refractivity contribution in [1.82, 2.24) is 0 Å². The fourth-order valence-electron chi connectivity index (χ4n) is 2.28. The molecular weight excluding hydrogens is 282 g/mol. The van der Waals surface area contributed by atoms with Crippen LogP contribution in [0.2, 0.25) is 0 Å². The van der Waals surface area contributed by atoms with Gasteiger partial charge in [0, 0.05) is 11.6 Å². The van der Waals surface area contributed by atoms with E-state index >= 15 is 0 Å². The molecule has 2 aromatic carbocycles. The quantitative estimate of drug-likeness (QED) is 0.857. The zero-order valence-corrected chi connectivity index (χ0v) is 12.6. The van der Waals surface area contributed by atoms with E-state index in [9.17, 15) is 4.79 Å². The van der Waals surface area contributed by atoms with Gasteiger partial charge in [0.25, 0.3) is 0 Å². The summed E-state index contributed by atoms with van der Waals surface area (Å²) in [6.45, 7) is 0. The molecule has 22 heavy (non-hydrogen) atoms. The molecule has 0 amide bonds. The molecule has 0 aliphatic carbocycles. The Morgan fingerprint density at radius 2 is 1.95 bits per heavy atom. The average Bonchev–Trinajstić information content (AvgIpc) is 2.53. The molecule has 5 heteroatoms. The Labute approximate surface area is 129 Å². The van der Waals surface area contributed by atoms with Crippen LogP contribution in [0.1, 0.15) is 18.0 Å². The van der Waals surface area contributed by atoms with Crippen molar-refractivity contribution in [3.05, 3.63) is 48.0 Å². The van der Waals surface area contributed by atoms with E-state index in [0.29, 0.717) is 5.75 Å². The number of hydrogen-bond donors (Lipinski definition) is 2.